The average Bonchev–Trinajstić information content (AvgIpc) is 2.08. The maximum Gasteiger partial charge on any atom is 0.573 e. The van der Waals surface area contributed by atoms with Gasteiger partial charge in [-0.3, -0.25) is 0 Å². The van der Waals surface area contributed by atoms with Crippen LogP contribution in [0.25, 0.3) is 0 Å². The Morgan fingerprint density at radius 3 is 2.31 bits per heavy atom. The molecule has 0 radical (unpaired) electrons. The third kappa shape index (κ3) is 3.99. The van der Waals surface area contributed by atoms with Crippen molar-refractivity contribution in [3.8, 4) is 11.5 Å². The van der Waals surface area contributed by atoms with Gasteiger partial charge in [0.05, 0.1) is 3.57 Å². The Morgan fingerprint density at radius 2 is 1.81 bits per heavy atom. The summed E-state index contributed by atoms with van der Waals surface area (Å²) in [6, 6.07) is 3.53. The molecule has 0 spiro atoms. The highest BCUT2D eigenvalue weighted by atomic mass is 127. The summed E-state index contributed by atoms with van der Waals surface area (Å²) in [6.07, 6.45) is -4.96. The van der Waals surface area contributed by atoms with Crippen molar-refractivity contribution < 1.29 is 31.4 Å². The number of hydrogen-bond donors (Lipinski definition) is 0. The molecule has 0 aliphatic carbocycles. The Bertz CT molecular complexity index is 366. The van der Waals surface area contributed by atoms with Crippen molar-refractivity contribution in [2.24, 2.45) is 0 Å². The molecule has 1 rings (SSSR count). The van der Waals surface area contributed by atoms with Crippen molar-refractivity contribution in [2.75, 3.05) is 0 Å². The first kappa shape index (κ1) is 13.3. The minimum atomic E-state index is -4.96. The van der Waals surface area contributed by atoms with Gasteiger partial charge in [0.25, 0.3) is 0 Å². The zero-order valence-corrected chi connectivity index (χ0v) is 9.55. The van der Waals surface area contributed by atoms with E-state index in [1.165, 1.54) is 34.7 Å². The third-order valence-electron chi connectivity index (χ3n) is 1.36. The largest absolute Gasteiger partial charge is 0.573 e. The molecule has 8 heteroatoms. The smallest absolute Gasteiger partial charge is 0.431 e. The van der Waals surface area contributed by atoms with Crippen LogP contribution >= 0.6 is 22.6 Å². The number of alkyl halides is 5. The van der Waals surface area contributed by atoms with E-state index in [0.717, 1.165) is 6.07 Å². The van der Waals surface area contributed by atoms with Crippen LogP contribution in [0.2, 0.25) is 0 Å². The van der Waals surface area contributed by atoms with Crippen molar-refractivity contribution in [3.63, 3.8) is 0 Å². The van der Waals surface area contributed by atoms with E-state index in [1.807, 2.05) is 0 Å². The summed E-state index contributed by atoms with van der Waals surface area (Å²) in [5.41, 5.74) is 0. The van der Waals surface area contributed by atoms with Crippen molar-refractivity contribution in [2.45, 2.75) is 13.0 Å². The Morgan fingerprint density at radius 1 is 1.19 bits per heavy atom. The second-order valence-corrected chi connectivity index (χ2v) is 3.66. The normalized spacial score (nSPS) is 11.7. The van der Waals surface area contributed by atoms with Gasteiger partial charge in [-0.2, -0.15) is 8.78 Å². The molecule has 0 unspecified atom stereocenters. The van der Waals surface area contributed by atoms with Crippen LogP contribution in [-0.2, 0) is 0 Å². The summed E-state index contributed by atoms with van der Waals surface area (Å²) in [5, 5.41) is 0. The van der Waals surface area contributed by atoms with Gasteiger partial charge >= 0.3 is 13.0 Å². The molecule has 0 amide bonds. The number of halogens is 6. The van der Waals surface area contributed by atoms with Crippen LogP contribution in [-0.4, -0.2) is 13.0 Å². The van der Waals surface area contributed by atoms with E-state index in [2.05, 4.69) is 9.47 Å². The Hall–Kier alpha value is -0.800. The van der Waals surface area contributed by atoms with E-state index >= 15 is 0 Å². The fourth-order valence-electron chi connectivity index (χ4n) is 0.893. The van der Waals surface area contributed by atoms with Crippen LogP contribution in [0.1, 0.15) is 0 Å². The van der Waals surface area contributed by atoms with Gasteiger partial charge in [-0.05, 0) is 34.7 Å². The highest BCUT2D eigenvalue weighted by Crippen LogP contribution is 2.36. The van der Waals surface area contributed by atoms with Crippen molar-refractivity contribution in [3.05, 3.63) is 21.8 Å². The van der Waals surface area contributed by atoms with E-state index in [-0.39, 0.29) is 3.57 Å². The summed E-state index contributed by atoms with van der Waals surface area (Å²) >= 11 is 1.52. The minimum absolute atomic E-state index is 0.0214. The number of rotatable bonds is 3. The number of benzene rings is 1. The summed E-state index contributed by atoms with van der Waals surface area (Å²) in [4.78, 5) is 0. The zero-order valence-electron chi connectivity index (χ0n) is 7.39. The molecule has 16 heavy (non-hydrogen) atoms. The molecule has 0 heterocycles. The molecule has 0 atom stereocenters. The lowest BCUT2D eigenvalue weighted by atomic mass is 10.3. The van der Waals surface area contributed by atoms with Gasteiger partial charge in [0, 0.05) is 0 Å². The van der Waals surface area contributed by atoms with Gasteiger partial charge in [-0.25, -0.2) is 0 Å². The SMILES string of the molecule is FC(F)Oc1cccc(I)c1OC(F)(F)F. The Labute approximate surface area is 100 Å². The molecule has 0 aliphatic rings. The van der Waals surface area contributed by atoms with Gasteiger partial charge in [0.1, 0.15) is 0 Å². The maximum absolute atomic E-state index is 12.0. The van der Waals surface area contributed by atoms with E-state index in [0.29, 0.717) is 0 Å². The van der Waals surface area contributed by atoms with Crippen molar-refractivity contribution in [1.82, 2.24) is 0 Å². The van der Waals surface area contributed by atoms with Crippen LogP contribution in [0.4, 0.5) is 22.0 Å². The predicted octanol–water partition coefficient (Wildman–Crippen LogP) is 3.79. The molecular weight excluding hydrogens is 350 g/mol. The fourth-order valence-corrected chi connectivity index (χ4v) is 1.48. The maximum atomic E-state index is 12.0. The van der Waals surface area contributed by atoms with Crippen LogP contribution < -0.4 is 9.47 Å². The molecule has 90 valence electrons. The molecular formula is C8H4F5IO2. The summed E-state index contributed by atoms with van der Waals surface area (Å²) in [7, 11) is 0. The quantitative estimate of drug-likeness (QED) is 0.608. The first-order valence-corrected chi connectivity index (χ1v) is 4.86. The first-order valence-electron chi connectivity index (χ1n) is 3.78. The number of hydrogen-bond acceptors (Lipinski definition) is 2. The number of ether oxygens (including phenoxy) is 2. The van der Waals surface area contributed by atoms with Gasteiger partial charge in [0.15, 0.2) is 11.5 Å². The molecule has 0 aromatic heterocycles. The molecule has 2 nitrogen and oxygen atoms in total. The molecule has 0 N–H and O–H groups in total. The lowest BCUT2D eigenvalue weighted by Gasteiger charge is -2.14. The lowest BCUT2D eigenvalue weighted by molar-refractivity contribution is -0.275. The summed E-state index contributed by atoms with van der Waals surface area (Å²) < 4.78 is 67.2. The van der Waals surface area contributed by atoms with Crippen LogP contribution in [0.5, 0.6) is 11.5 Å². The second-order valence-electron chi connectivity index (χ2n) is 2.49. The van der Waals surface area contributed by atoms with Gasteiger partial charge in [-0.15, -0.1) is 13.2 Å². The standard InChI is InChI=1S/C8H4F5IO2/c9-7(10)15-5-3-1-2-4(14)6(5)16-8(11,12)13/h1-3,7H. The molecule has 1 aromatic carbocycles. The van der Waals surface area contributed by atoms with Crippen LogP contribution in [0, 0.1) is 3.57 Å². The zero-order chi connectivity index (χ0) is 12.3. The molecule has 0 aliphatic heterocycles. The average molecular weight is 354 g/mol. The van der Waals surface area contributed by atoms with E-state index in [1.54, 1.807) is 0 Å². The van der Waals surface area contributed by atoms with E-state index in [4.69, 9.17) is 0 Å². The number of para-hydroxylation sites is 1. The monoisotopic (exact) mass is 354 g/mol. The van der Waals surface area contributed by atoms with Gasteiger partial charge < -0.3 is 9.47 Å². The second kappa shape index (κ2) is 5.02. The topological polar surface area (TPSA) is 18.5 Å². The molecule has 0 fully saturated rings. The minimum Gasteiger partial charge on any atom is -0.431 e. The molecule has 1 aromatic rings. The van der Waals surface area contributed by atoms with Crippen molar-refractivity contribution in [1.29, 1.82) is 0 Å². The van der Waals surface area contributed by atoms with Crippen molar-refractivity contribution >= 4 is 22.6 Å². The van der Waals surface area contributed by atoms with Gasteiger partial charge in [0.2, 0.25) is 0 Å². The molecule has 0 saturated carbocycles. The highest BCUT2D eigenvalue weighted by molar-refractivity contribution is 14.1. The fraction of sp³-hybridized carbons (Fsp3) is 0.250. The van der Waals surface area contributed by atoms with Crippen LogP contribution in [0.3, 0.4) is 0 Å². The lowest BCUT2D eigenvalue weighted by Crippen LogP contribution is -2.19. The Kier molecular flexibility index (Phi) is 4.16. The van der Waals surface area contributed by atoms with E-state index in [9.17, 15) is 22.0 Å². The molecule has 0 bridgehead atoms. The molecule has 0 saturated heterocycles. The highest BCUT2D eigenvalue weighted by Gasteiger charge is 2.33. The summed E-state index contributed by atoms with van der Waals surface area (Å²) in [6.45, 7) is -3.21. The van der Waals surface area contributed by atoms with Crippen LogP contribution in [0.15, 0.2) is 18.2 Å². The Balaban J connectivity index is 3.03. The van der Waals surface area contributed by atoms with E-state index < -0.39 is 24.5 Å². The first-order chi connectivity index (χ1) is 7.29. The predicted molar refractivity (Wildman–Crippen MR) is 52.5 cm³/mol. The summed E-state index contributed by atoms with van der Waals surface area (Å²) in [5.74, 6) is -1.42. The third-order valence-corrected chi connectivity index (χ3v) is 2.21. The van der Waals surface area contributed by atoms with Gasteiger partial charge in [-0.1, -0.05) is 6.07 Å².